The molecule has 4 aromatic rings. The number of carbonyl (C=O) groups is 1. The molecule has 4 rings (SSSR count). The van der Waals surface area contributed by atoms with E-state index in [0.717, 1.165) is 22.8 Å². The summed E-state index contributed by atoms with van der Waals surface area (Å²) in [7, 11) is 0. The number of benzene rings is 3. The Balaban J connectivity index is 1.50. The van der Waals surface area contributed by atoms with E-state index in [2.05, 4.69) is 20.7 Å². The summed E-state index contributed by atoms with van der Waals surface area (Å²) in [5.41, 5.74) is 4.67. The van der Waals surface area contributed by atoms with Crippen LogP contribution in [-0.4, -0.2) is 34.0 Å². The number of aromatic nitrogens is 2. The number of phenols is 1. The zero-order valence-corrected chi connectivity index (χ0v) is 17.0. The summed E-state index contributed by atoms with van der Waals surface area (Å²) in [4.78, 5) is 12.5. The normalized spacial score (nSPS) is 11.1. The van der Waals surface area contributed by atoms with Crippen LogP contribution in [0.5, 0.6) is 11.5 Å². The van der Waals surface area contributed by atoms with Gasteiger partial charge in [-0.25, -0.2) is 5.43 Å². The lowest BCUT2D eigenvalue weighted by Gasteiger charge is -2.08. The van der Waals surface area contributed by atoms with Crippen LogP contribution in [0, 0.1) is 0 Å². The topological polar surface area (TPSA) is 99.6 Å². The van der Waals surface area contributed by atoms with E-state index in [4.69, 9.17) is 4.74 Å². The Hall–Kier alpha value is -4.13. The van der Waals surface area contributed by atoms with Crippen molar-refractivity contribution in [3.05, 3.63) is 78.0 Å². The van der Waals surface area contributed by atoms with E-state index in [1.54, 1.807) is 12.1 Å². The molecule has 1 amide bonds. The Bertz CT molecular complexity index is 1250. The van der Waals surface area contributed by atoms with Gasteiger partial charge in [0.05, 0.1) is 18.5 Å². The third-order valence-electron chi connectivity index (χ3n) is 4.75. The van der Waals surface area contributed by atoms with E-state index in [1.807, 2.05) is 61.5 Å². The standard InChI is InChI=1S/C24H22N4O3/c1-2-13-31-23-10-6-5-9-18(23)20-14-21(27-26-20)24(30)28-25-15-19-17-8-4-3-7-16(17)11-12-22(19)29/h3-12,14-15,29H,2,13H2,1H3,(H,26,27)(H,28,30). The number of nitrogens with one attached hydrogen (secondary N) is 2. The second kappa shape index (κ2) is 9.13. The van der Waals surface area contributed by atoms with E-state index >= 15 is 0 Å². The highest BCUT2D eigenvalue weighted by Crippen LogP contribution is 2.29. The van der Waals surface area contributed by atoms with Crippen molar-refractivity contribution in [3.63, 3.8) is 0 Å². The smallest absolute Gasteiger partial charge is 0.289 e. The number of hydrogen-bond acceptors (Lipinski definition) is 5. The molecule has 3 aromatic carbocycles. The number of hydrogen-bond donors (Lipinski definition) is 3. The number of rotatable bonds is 7. The molecule has 0 aliphatic carbocycles. The Labute approximate surface area is 179 Å². The lowest BCUT2D eigenvalue weighted by Crippen LogP contribution is -2.18. The minimum atomic E-state index is -0.443. The fourth-order valence-corrected chi connectivity index (χ4v) is 3.23. The molecule has 1 aromatic heterocycles. The van der Waals surface area contributed by atoms with E-state index in [9.17, 15) is 9.90 Å². The maximum atomic E-state index is 12.5. The average Bonchev–Trinajstić information content (AvgIpc) is 3.29. The molecule has 0 radical (unpaired) electrons. The van der Waals surface area contributed by atoms with Crippen LogP contribution in [0.4, 0.5) is 0 Å². The molecule has 1 heterocycles. The largest absolute Gasteiger partial charge is 0.507 e. The number of carbonyl (C=O) groups excluding carboxylic acids is 1. The highest BCUT2D eigenvalue weighted by molar-refractivity contribution is 6.03. The molecule has 156 valence electrons. The SMILES string of the molecule is CCCOc1ccccc1-c1cc(C(=O)NN=Cc2c(O)ccc3ccccc23)[nH]n1. The predicted octanol–water partition coefficient (Wildman–Crippen LogP) is 4.49. The van der Waals surface area contributed by atoms with Crippen molar-refractivity contribution in [2.45, 2.75) is 13.3 Å². The Morgan fingerprint density at radius 2 is 1.97 bits per heavy atom. The number of phenolic OH excluding ortho intramolecular Hbond substituents is 1. The molecule has 0 atom stereocenters. The maximum absolute atomic E-state index is 12.5. The van der Waals surface area contributed by atoms with Crippen molar-refractivity contribution in [1.82, 2.24) is 15.6 Å². The van der Waals surface area contributed by atoms with Gasteiger partial charge in [-0.05, 0) is 41.5 Å². The van der Waals surface area contributed by atoms with E-state index in [-0.39, 0.29) is 11.4 Å². The van der Waals surface area contributed by atoms with Gasteiger partial charge in [0.1, 0.15) is 17.2 Å². The number of H-pyrrole nitrogens is 1. The zero-order chi connectivity index (χ0) is 21.6. The third-order valence-corrected chi connectivity index (χ3v) is 4.75. The number of para-hydroxylation sites is 1. The number of nitrogens with zero attached hydrogens (tertiary/aromatic N) is 2. The summed E-state index contributed by atoms with van der Waals surface area (Å²) < 4.78 is 5.77. The van der Waals surface area contributed by atoms with Gasteiger partial charge in [-0.2, -0.15) is 10.2 Å². The number of fused-ring (bicyclic) bond motifs is 1. The molecule has 0 saturated heterocycles. The van der Waals surface area contributed by atoms with E-state index in [0.29, 0.717) is 23.6 Å². The molecule has 0 saturated carbocycles. The molecule has 0 bridgehead atoms. The van der Waals surface area contributed by atoms with E-state index < -0.39 is 5.91 Å². The highest BCUT2D eigenvalue weighted by atomic mass is 16.5. The number of ether oxygens (including phenoxy) is 1. The minimum absolute atomic E-state index is 0.0872. The summed E-state index contributed by atoms with van der Waals surface area (Å²) in [6, 6.07) is 20.3. The van der Waals surface area contributed by atoms with Gasteiger partial charge in [0, 0.05) is 11.1 Å². The van der Waals surface area contributed by atoms with Crippen LogP contribution >= 0.6 is 0 Å². The van der Waals surface area contributed by atoms with E-state index in [1.165, 1.54) is 6.21 Å². The summed E-state index contributed by atoms with van der Waals surface area (Å²) >= 11 is 0. The lowest BCUT2D eigenvalue weighted by molar-refractivity contribution is 0.0950. The number of aromatic hydroxyl groups is 1. The van der Waals surface area contributed by atoms with Crippen molar-refractivity contribution in [2.75, 3.05) is 6.61 Å². The van der Waals surface area contributed by atoms with Gasteiger partial charge in [0.2, 0.25) is 0 Å². The molecule has 0 unspecified atom stereocenters. The van der Waals surface area contributed by atoms with Gasteiger partial charge in [0.15, 0.2) is 0 Å². The van der Waals surface area contributed by atoms with Crippen LogP contribution < -0.4 is 10.2 Å². The van der Waals surface area contributed by atoms with Crippen molar-refractivity contribution in [1.29, 1.82) is 0 Å². The first-order valence-electron chi connectivity index (χ1n) is 9.99. The van der Waals surface area contributed by atoms with Crippen LogP contribution in [0.3, 0.4) is 0 Å². The first-order chi connectivity index (χ1) is 15.2. The Kier molecular flexibility index (Phi) is 5.93. The van der Waals surface area contributed by atoms with Crippen LogP contribution in [-0.2, 0) is 0 Å². The van der Waals surface area contributed by atoms with Gasteiger partial charge in [-0.1, -0.05) is 49.4 Å². The van der Waals surface area contributed by atoms with Gasteiger partial charge in [-0.3, -0.25) is 9.89 Å². The van der Waals surface area contributed by atoms with Crippen molar-refractivity contribution in [3.8, 4) is 22.8 Å². The molecule has 31 heavy (non-hydrogen) atoms. The number of hydrazone groups is 1. The fraction of sp³-hybridized carbons (Fsp3) is 0.125. The van der Waals surface area contributed by atoms with Gasteiger partial charge >= 0.3 is 0 Å². The molecule has 7 nitrogen and oxygen atoms in total. The number of amides is 1. The lowest BCUT2D eigenvalue weighted by atomic mass is 10.0. The molecular formula is C24H22N4O3. The van der Waals surface area contributed by atoms with Gasteiger partial charge in [-0.15, -0.1) is 0 Å². The summed E-state index contributed by atoms with van der Waals surface area (Å²) in [5.74, 6) is 0.359. The molecule has 0 fully saturated rings. The van der Waals surface area contributed by atoms with Crippen LogP contribution in [0.1, 0.15) is 29.4 Å². The number of aromatic amines is 1. The maximum Gasteiger partial charge on any atom is 0.289 e. The third kappa shape index (κ3) is 4.40. The molecule has 0 aliphatic rings. The van der Waals surface area contributed by atoms with Crippen molar-refractivity contribution < 1.29 is 14.6 Å². The quantitative estimate of drug-likeness (QED) is 0.306. The second-order valence-electron chi connectivity index (χ2n) is 6.93. The van der Waals surface area contributed by atoms with Crippen LogP contribution in [0.25, 0.3) is 22.0 Å². The molecule has 3 N–H and O–H groups in total. The summed E-state index contributed by atoms with van der Waals surface area (Å²) in [5, 5.41) is 23.0. The molecule has 0 aliphatic heterocycles. The molecule has 0 spiro atoms. The summed E-state index contributed by atoms with van der Waals surface area (Å²) in [6.07, 6.45) is 2.33. The predicted molar refractivity (Wildman–Crippen MR) is 120 cm³/mol. The zero-order valence-electron chi connectivity index (χ0n) is 17.0. The van der Waals surface area contributed by atoms with Gasteiger partial charge in [0.25, 0.3) is 5.91 Å². The second-order valence-corrected chi connectivity index (χ2v) is 6.93. The van der Waals surface area contributed by atoms with Crippen LogP contribution in [0.2, 0.25) is 0 Å². The van der Waals surface area contributed by atoms with Gasteiger partial charge < -0.3 is 9.84 Å². The minimum Gasteiger partial charge on any atom is -0.507 e. The molecular weight excluding hydrogens is 392 g/mol. The van der Waals surface area contributed by atoms with Crippen molar-refractivity contribution in [2.24, 2.45) is 5.10 Å². The Morgan fingerprint density at radius 3 is 2.84 bits per heavy atom. The monoisotopic (exact) mass is 414 g/mol. The average molecular weight is 414 g/mol. The summed E-state index contributed by atoms with van der Waals surface area (Å²) in [6.45, 7) is 2.64. The Morgan fingerprint density at radius 1 is 1.16 bits per heavy atom. The fourth-order valence-electron chi connectivity index (χ4n) is 3.23. The van der Waals surface area contributed by atoms with Crippen LogP contribution in [0.15, 0.2) is 71.8 Å². The first-order valence-corrected chi connectivity index (χ1v) is 9.99. The highest BCUT2D eigenvalue weighted by Gasteiger charge is 2.14. The van der Waals surface area contributed by atoms with Crippen molar-refractivity contribution >= 4 is 22.9 Å². The first kappa shape index (κ1) is 20.2. The molecule has 7 heteroatoms.